The first-order valence-corrected chi connectivity index (χ1v) is 5.05. The smallest absolute Gasteiger partial charge is 0.415 e. The van der Waals surface area contributed by atoms with Crippen LogP contribution in [0.3, 0.4) is 0 Å². The van der Waals surface area contributed by atoms with Gasteiger partial charge >= 0.3 is 11.2 Å². The van der Waals surface area contributed by atoms with Crippen LogP contribution < -0.4 is 0 Å². The van der Waals surface area contributed by atoms with E-state index >= 15 is 0 Å². The number of hydrogen-bond donors (Lipinski definition) is 1. The van der Waals surface area contributed by atoms with Gasteiger partial charge in [0.15, 0.2) is 0 Å². The summed E-state index contributed by atoms with van der Waals surface area (Å²) in [7, 11) is 0. The molecule has 1 saturated carbocycles. The lowest BCUT2D eigenvalue weighted by Gasteiger charge is -2.15. The van der Waals surface area contributed by atoms with E-state index in [9.17, 15) is 13.6 Å². The molecule has 0 saturated heterocycles. The molecule has 0 aromatic rings. The zero-order chi connectivity index (χ0) is 11.3. The van der Waals surface area contributed by atoms with E-state index < -0.39 is 29.4 Å². The summed E-state index contributed by atoms with van der Waals surface area (Å²) < 4.78 is 33.7. The van der Waals surface area contributed by atoms with Crippen molar-refractivity contribution in [2.24, 2.45) is 0 Å². The van der Waals surface area contributed by atoms with Gasteiger partial charge in [0.25, 0.3) is 0 Å². The zero-order valence-electron chi connectivity index (χ0n) is 7.65. The number of esters is 1. The quantitative estimate of drug-likeness (QED) is 0.346. The molecule has 15 heavy (non-hydrogen) atoms. The summed E-state index contributed by atoms with van der Waals surface area (Å²) in [5, 5.41) is 6.76. The number of carbonyl (C=O) groups excluding carboxylic acids is 1. The third-order valence-electron chi connectivity index (χ3n) is 1.98. The Morgan fingerprint density at radius 1 is 1.40 bits per heavy atom. The average Bonchev–Trinajstić information content (AvgIpc) is 2.67. The summed E-state index contributed by atoms with van der Waals surface area (Å²) in [6.45, 7) is 0. The van der Waals surface area contributed by atoms with Gasteiger partial charge in [-0.2, -0.15) is 8.78 Å². The highest BCUT2D eigenvalue weighted by Crippen LogP contribution is 2.33. The molecule has 0 spiro atoms. The first-order valence-electron chi connectivity index (χ1n) is 4.31. The monoisotopic (exact) mass is 244 g/mol. The van der Waals surface area contributed by atoms with E-state index in [-0.39, 0.29) is 0 Å². The van der Waals surface area contributed by atoms with Crippen LogP contribution in [0, 0.1) is 0 Å². The molecule has 0 heterocycles. The minimum atomic E-state index is -3.88. The van der Waals surface area contributed by atoms with E-state index in [1.807, 2.05) is 0 Å². The Kier molecular flexibility index (Phi) is 4.71. The topological polar surface area (TPSA) is 65.0 Å². The highest BCUT2D eigenvalue weighted by Gasteiger charge is 2.45. The van der Waals surface area contributed by atoms with Gasteiger partial charge in [0, 0.05) is 0 Å². The maximum Gasteiger partial charge on any atom is 0.415 e. The molecule has 1 aliphatic rings. The van der Waals surface area contributed by atoms with E-state index in [0.29, 0.717) is 12.8 Å². The second-order valence-electron chi connectivity index (χ2n) is 3.05. The van der Waals surface area contributed by atoms with Crippen LogP contribution in [0.5, 0.6) is 0 Å². The maximum atomic E-state index is 12.8. The van der Waals surface area contributed by atoms with E-state index in [2.05, 4.69) is 14.1 Å². The molecule has 8 heteroatoms. The van der Waals surface area contributed by atoms with Crippen molar-refractivity contribution >= 4 is 18.0 Å². The first-order chi connectivity index (χ1) is 7.06. The van der Waals surface area contributed by atoms with Gasteiger partial charge in [-0.3, -0.25) is 0 Å². The lowest BCUT2D eigenvalue weighted by atomic mass is 10.3. The Hall–Kier alpha value is -0.440. The second kappa shape index (κ2) is 5.59. The SMILES string of the molecule is O=C(OC1CCCC1)C(F)(F)SOOO. The van der Waals surface area contributed by atoms with Crippen LogP contribution in [0.25, 0.3) is 0 Å². The zero-order valence-corrected chi connectivity index (χ0v) is 8.47. The van der Waals surface area contributed by atoms with Crippen LogP contribution in [0.1, 0.15) is 25.7 Å². The number of rotatable bonds is 5. The fourth-order valence-electron chi connectivity index (χ4n) is 1.32. The molecule has 0 atom stereocenters. The molecule has 0 amide bonds. The predicted molar refractivity (Wildman–Crippen MR) is 45.7 cm³/mol. The van der Waals surface area contributed by atoms with Crippen LogP contribution in [0.4, 0.5) is 8.78 Å². The number of carbonyl (C=O) groups is 1. The molecule has 0 aliphatic heterocycles. The Labute approximate surface area is 88.7 Å². The van der Waals surface area contributed by atoms with Crippen molar-refractivity contribution in [3.05, 3.63) is 0 Å². The maximum absolute atomic E-state index is 12.8. The number of alkyl halides is 2. The van der Waals surface area contributed by atoms with E-state index in [0.717, 1.165) is 12.8 Å². The molecule has 1 aliphatic carbocycles. The standard InChI is InChI=1S/C7H10F2O5S/c8-7(9,15-14-13-11)6(10)12-5-3-1-2-4-5/h5,11H,1-4H2. The number of hydrogen-bond acceptors (Lipinski definition) is 6. The summed E-state index contributed by atoms with van der Waals surface area (Å²) in [4.78, 5) is 10.9. The summed E-state index contributed by atoms with van der Waals surface area (Å²) in [6.07, 6.45) is 2.49. The van der Waals surface area contributed by atoms with Gasteiger partial charge in [0.05, 0.1) is 0 Å². The van der Waals surface area contributed by atoms with Gasteiger partial charge in [-0.05, 0) is 25.7 Å². The summed E-state index contributed by atoms with van der Waals surface area (Å²) in [6, 6.07) is 0. The van der Waals surface area contributed by atoms with Crippen LogP contribution in [0.2, 0.25) is 0 Å². The summed E-state index contributed by atoms with van der Waals surface area (Å²) in [5.74, 6) is -1.68. The molecule has 1 N–H and O–H groups in total. The molecule has 0 aromatic carbocycles. The van der Waals surface area contributed by atoms with Crippen molar-refractivity contribution in [3.63, 3.8) is 0 Å². The van der Waals surface area contributed by atoms with Gasteiger partial charge in [-0.25, -0.2) is 10.1 Å². The van der Waals surface area contributed by atoms with Crippen molar-refractivity contribution in [1.29, 1.82) is 0 Å². The summed E-state index contributed by atoms with van der Waals surface area (Å²) >= 11 is -0.610. The second-order valence-corrected chi connectivity index (χ2v) is 3.87. The van der Waals surface area contributed by atoms with Crippen molar-refractivity contribution < 1.29 is 32.9 Å². The fraction of sp³-hybridized carbons (Fsp3) is 0.857. The largest absolute Gasteiger partial charge is 0.457 e. The lowest BCUT2D eigenvalue weighted by Crippen LogP contribution is -2.30. The van der Waals surface area contributed by atoms with Crippen LogP contribution >= 0.6 is 12.0 Å². The van der Waals surface area contributed by atoms with Gasteiger partial charge in [0.2, 0.25) is 0 Å². The molecule has 1 rings (SSSR count). The molecular formula is C7H10F2O5S. The van der Waals surface area contributed by atoms with Crippen LogP contribution in [-0.4, -0.2) is 22.6 Å². The molecule has 5 nitrogen and oxygen atoms in total. The van der Waals surface area contributed by atoms with Crippen molar-refractivity contribution in [3.8, 4) is 0 Å². The third-order valence-corrected chi connectivity index (χ3v) is 2.49. The Morgan fingerprint density at radius 3 is 2.53 bits per heavy atom. The Balaban J connectivity index is 2.36. The predicted octanol–water partition coefficient (Wildman–Crippen LogP) is 2.13. The number of ether oxygens (including phenoxy) is 1. The molecule has 0 aromatic heterocycles. The molecule has 0 bridgehead atoms. The Bertz CT molecular complexity index is 219. The highest BCUT2D eigenvalue weighted by atomic mass is 32.2. The lowest BCUT2D eigenvalue weighted by molar-refractivity contribution is -0.433. The minimum Gasteiger partial charge on any atom is -0.457 e. The van der Waals surface area contributed by atoms with E-state index in [1.54, 1.807) is 0 Å². The molecule has 0 radical (unpaired) electrons. The van der Waals surface area contributed by atoms with Gasteiger partial charge < -0.3 is 4.74 Å². The van der Waals surface area contributed by atoms with Gasteiger partial charge in [-0.15, -0.1) is 4.33 Å². The van der Waals surface area contributed by atoms with Crippen molar-refractivity contribution in [2.75, 3.05) is 0 Å². The molecular weight excluding hydrogens is 234 g/mol. The minimum absolute atomic E-state index is 0.445. The normalized spacial score (nSPS) is 18.1. The fourth-order valence-corrected chi connectivity index (χ4v) is 1.55. The molecule has 88 valence electrons. The molecule has 0 unspecified atom stereocenters. The van der Waals surface area contributed by atoms with E-state index in [1.165, 1.54) is 0 Å². The van der Waals surface area contributed by atoms with Crippen LogP contribution in [0.15, 0.2) is 0 Å². The Morgan fingerprint density at radius 2 is 2.00 bits per heavy atom. The van der Waals surface area contributed by atoms with Crippen molar-refractivity contribution in [1.82, 2.24) is 0 Å². The van der Waals surface area contributed by atoms with E-state index in [4.69, 9.17) is 5.26 Å². The van der Waals surface area contributed by atoms with Crippen LogP contribution in [-0.2, 0) is 18.9 Å². The molecule has 1 fully saturated rings. The van der Waals surface area contributed by atoms with Gasteiger partial charge in [0.1, 0.15) is 18.1 Å². The average molecular weight is 244 g/mol. The van der Waals surface area contributed by atoms with Crippen molar-refractivity contribution in [2.45, 2.75) is 37.0 Å². The third kappa shape index (κ3) is 3.90. The summed E-state index contributed by atoms with van der Waals surface area (Å²) in [5.41, 5.74) is 0. The van der Waals surface area contributed by atoms with Gasteiger partial charge in [-0.1, -0.05) is 5.04 Å². The number of halogens is 2. The highest BCUT2D eigenvalue weighted by molar-refractivity contribution is 7.96. The first kappa shape index (κ1) is 12.6.